The first-order chi connectivity index (χ1) is 16.4. The zero-order chi connectivity index (χ0) is 27.6. The van der Waals surface area contributed by atoms with Crippen LogP contribution in [0.15, 0.2) is 72.1 Å². The van der Waals surface area contributed by atoms with Crippen molar-refractivity contribution in [3.05, 3.63) is 84.9 Å². The Bertz CT molecular complexity index is 854. The summed E-state index contributed by atoms with van der Waals surface area (Å²) in [6.07, 6.45) is 13.0. The summed E-state index contributed by atoms with van der Waals surface area (Å²) in [4.78, 5) is 10.2. The van der Waals surface area contributed by atoms with Crippen LogP contribution in [-0.2, 0) is 21.8 Å². The maximum absolute atomic E-state index is 5.09. The summed E-state index contributed by atoms with van der Waals surface area (Å²) in [5.41, 5.74) is 3.39. The molecule has 0 amide bonds. The molecule has 4 rings (SSSR count). The summed E-state index contributed by atoms with van der Waals surface area (Å²) < 4.78 is 7.02. The van der Waals surface area contributed by atoms with Crippen LogP contribution >= 0.6 is 0 Å². The Kier molecular flexibility index (Phi) is 11.0. The minimum absolute atomic E-state index is 0.0451. The molecule has 4 aromatic rings. The molecular formula is C30H49N5O. The van der Waals surface area contributed by atoms with Gasteiger partial charge in [-0.15, -0.1) is 0 Å². The van der Waals surface area contributed by atoms with Crippen molar-refractivity contribution >= 4 is 0 Å². The van der Waals surface area contributed by atoms with Gasteiger partial charge in [-0.1, -0.05) is 62.3 Å². The highest BCUT2D eigenvalue weighted by Crippen LogP contribution is 2.21. The summed E-state index contributed by atoms with van der Waals surface area (Å²) in [5.74, 6) is 0.794. The number of rotatable bonds is 0. The minimum atomic E-state index is 0.0451. The Morgan fingerprint density at radius 1 is 0.750 bits per heavy atom. The minimum Gasteiger partial charge on any atom is -0.448 e. The Labute approximate surface area is 218 Å². The van der Waals surface area contributed by atoms with Crippen molar-refractivity contribution in [3.63, 3.8) is 0 Å². The van der Waals surface area contributed by atoms with E-state index in [9.17, 15) is 0 Å². The maximum atomic E-state index is 5.09. The van der Waals surface area contributed by atoms with E-state index >= 15 is 0 Å². The van der Waals surface area contributed by atoms with Crippen LogP contribution in [0.3, 0.4) is 0 Å². The van der Waals surface area contributed by atoms with E-state index in [1.165, 1.54) is 11.3 Å². The lowest BCUT2D eigenvalue weighted by Gasteiger charge is -2.18. The van der Waals surface area contributed by atoms with Crippen LogP contribution in [0.5, 0.6) is 0 Å². The van der Waals surface area contributed by atoms with Crippen LogP contribution in [0.25, 0.3) is 0 Å². The summed E-state index contributed by atoms with van der Waals surface area (Å²) >= 11 is 0. The SMILES string of the molecule is CC(C)(C)c1cc[nH]c1.CC(C)(C)c1ccc[nH]1.CC(C)(C)c1ncco1.CC(C)(C)n1cccn1. The average Bonchev–Trinajstić information content (AvgIpc) is 3.57. The molecule has 0 bridgehead atoms. The van der Waals surface area contributed by atoms with Gasteiger partial charge in [-0.2, -0.15) is 5.10 Å². The summed E-state index contributed by atoms with van der Waals surface area (Å²) in [6, 6.07) is 8.19. The van der Waals surface area contributed by atoms with Gasteiger partial charge >= 0.3 is 0 Å². The molecule has 0 saturated heterocycles. The number of nitrogens with zero attached hydrogens (tertiary/aromatic N) is 3. The normalized spacial score (nSPS) is 11.9. The number of hydrogen-bond acceptors (Lipinski definition) is 3. The monoisotopic (exact) mass is 495 g/mol. The Balaban J connectivity index is 0.000000240. The smallest absolute Gasteiger partial charge is 0.199 e. The molecule has 4 heterocycles. The number of oxazole rings is 1. The van der Waals surface area contributed by atoms with Crippen LogP contribution in [0.4, 0.5) is 0 Å². The molecule has 0 atom stereocenters. The average molecular weight is 496 g/mol. The Morgan fingerprint density at radius 2 is 1.42 bits per heavy atom. The van der Waals surface area contributed by atoms with Crippen molar-refractivity contribution in [2.24, 2.45) is 0 Å². The summed E-state index contributed by atoms with van der Waals surface area (Å²) in [7, 11) is 0. The molecule has 0 aliphatic heterocycles. The first-order valence-corrected chi connectivity index (χ1v) is 12.6. The van der Waals surface area contributed by atoms with E-state index in [4.69, 9.17) is 4.42 Å². The van der Waals surface area contributed by atoms with E-state index in [0.29, 0.717) is 5.41 Å². The second-order valence-corrected chi connectivity index (χ2v) is 12.9. The van der Waals surface area contributed by atoms with E-state index in [2.05, 4.69) is 115 Å². The Hall–Kier alpha value is -3.02. The molecule has 0 aliphatic rings. The zero-order valence-corrected chi connectivity index (χ0v) is 24.6. The highest BCUT2D eigenvalue weighted by Gasteiger charge is 2.17. The van der Waals surface area contributed by atoms with Gasteiger partial charge in [0.05, 0.1) is 11.7 Å². The highest BCUT2D eigenvalue weighted by molar-refractivity contribution is 5.17. The molecule has 6 heteroatoms. The van der Waals surface area contributed by atoms with Crippen LogP contribution in [0.1, 0.15) is 100 Å². The van der Waals surface area contributed by atoms with E-state index in [1.807, 2.05) is 41.6 Å². The molecule has 0 spiro atoms. The topological polar surface area (TPSA) is 75.4 Å². The van der Waals surface area contributed by atoms with Gasteiger partial charge in [0, 0.05) is 47.5 Å². The largest absolute Gasteiger partial charge is 0.448 e. The molecule has 0 saturated carbocycles. The Morgan fingerprint density at radius 3 is 1.64 bits per heavy atom. The quantitative estimate of drug-likeness (QED) is 0.258. The maximum Gasteiger partial charge on any atom is 0.199 e. The molecule has 0 aromatic carbocycles. The molecule has 6 nitrogen and oxygen atoms in total. The first kappa shape index (κ1) is 31.0. The second kappa shape index (κ2) is 12.8. The molecule has 4 aromatic heterocycles. The van der Waals surface area contributed by atoms with E-state index < -0.39 is 0 Å². The van der Waals surface area contributed by atoms with Gasteiger partial charge in [0.2, 0.25) is 0 Å². The van der Waals surface area contributed by atoms with Crippen LogP contribution in [0, 0.1) is 0 Å². The van der Waals surface area contributed by atoms with Crippen LogP contribution in [-0.4, -0.2) is 24.7 Å². The first-order valence-electron chi connectivity index (χ1n) is 12.6. The lowest BCUT2D eigenvalue weighted by atomic mass is 9.89. The molecule has 200 valence electrons. The third-order valence-electron chi connectivity index (χ3n) is 5.14. The van der Waals surface area contributed by atoms with Crippen LogP contribution in [0.2, 0.25) is 0 Å². The zero-order valence-electron chi connectivity index (χ0n) is 24.6. The van der Waals surface area contributed by atoms with E-state index in [0.717, 1.165) is 5.89 Å². The second-order valence-electron chi connectivity index (χ2n) is 12.9. The highest BCUT2D eigenvalue weighted by atomic mass is 16.3. The lowest BCUT2D eigenvalue weighted by Crippen LogP contribution is -2.21. The van der Waals surface area contributed by atoms with Crippen molar-refractivity contribution in [1.29, 1.82) is 0 Å². The van der Waals surface area contributed by atoms with Gasteiger partial charge in [0.15, 0.2) is 5.89 Å². The van der Waals surface area contributed by atoms with Crippen molar-refractivity contribution < 1.29 is 4.42 Å². The number of nitrogens with one attached hydrogen (secondary N) is 2. The molecule has 36 heavy (non-hydrogen) atoms. The molecule has 2 N–H and O–H groups in total. The van der Waals surface area contributed by atoms with Gasteiger partial charge in [0.25, 0.3) is 0 Å². The predicted molar refractivity (Wildman–Crippen MR) is 151 cm³/mol. The third-order valence-corrected chi connectivity index (χ3v) is 5.14. The fourth-order valence-electron chi connectivity index (χ4n) is 2.85. The van der Waals surface area contributed by atoms with E-state index in [-0.39, 0.29) is 16.4 Å². The third kappa shape index (κ3) is 11.6. The summed E-state index contributed by atoms with van der Waals surface area (Å²) in [6.45, 7) is 25.8. The molecule has 0 unspecified atom stereocenters. The lowest BCUT2D eigenvalue weighted by molar-refractivity contribution is 0.355. The fraction of sp³-hybridized carbons (Fsp3) is 0.533. The van der Waals surface area contributed by atoms with Crippen molar-refractivity contribution in [2.75, 3.05) is 0 Å². The van der Waals surface area contributed by atoms with Gasteiger partial charge in [0.1, 0.15) is 6.26 Å². The molecule has 0 aliphatic carbocycles. The van der Waals surface area contributed by atoms with Crippen molar-refractivity contribution in [3.8, 4) is 0 Å². The predicted octanol–water partition coefficient (Wildman–Crippen LogP) is 8.23. The number of H-pyrrole nitrogens is 2. The molecule has 0 fully saturated rings. The number of aromatic amines is 2. The van der Waals surface area contributed by atoms with Crippen molar-refractivity contribution in [1.82, 2.24) is 24.7 Å². The van der Waals surface area contributed by atoms with Gasteiger partial charge in [-0.05, 0) is 56.0 Å². The van der Waals surface area contributed by atoms with Gasteiger partial charge < -0.3 is 14.4 Å². The number of aromatic nitrogens is 5. The van der Waals surface area contributed by atoms with Crippen molar-refractivity contribution in [2.45, 2.75) is 105 Å². The van der Waals surface area contributed by atoms with E-state index in [1.54, 1.807) is 18.7 Å². The van der Waals surface area contributed by atoms with Gasteiger partial charge in [-0.25, -0.2) is 4.98 Å². The molecular weight excluding hydrogens is 446 g/mol. The fourth-order valence-corrected chi connectivity index (χ4v) is 2.85. The van der Waals surface area contributed by atoms with Gasteiger partial charge in [-0.3, -0.25) is 4.68 Å². The number of hydrogen-bond donors (Lipinski definition) is 2. The molecule has 0 radical (unpaired) electrons. The van der Waals surface area contributed by atoms with Crippen LogP contribution < -0.4 is 0 Å². The summed E-state index contributed by atoms with van der Waals surface area (Å²) in [5, 5.41) is 4.10. The standard InChI is InChI=1S/2C8H13N.C7H12N2.C7H11NO/c1-8(2,3)7-4-5-9-6-7;1-8(2,3)7-5-4-6-9-7;1-7(2,3)9-6-4-5-8-9;1-7(2,3)6-8-4-5-9-6/h2*4-6,9H,1-3H3;4-6H,1-3H3;4-5H,1-3H3.